The van der Waals surface area contributed by atoms with Crippen LogP contribution in [-0.2, 0) is 11.2 Å². The van der Waals surface area contributed by atoms with Crippen LogP contribution in [0, 0.1) is 6.92 Å². The first kappa shape index (κ1) is 27.3. The molecule has 1 aromatic carbocycles. The third-order valence-electron chi connectivity index (χ3n) is 5.79. The van der Waals surface area contributed by atoms with Gasteiger partial charge in [-0.3, -0.25) is 9.89 Å². The highest BCUT2D eigenvalue weighted by Crippen LogP contribution is 2.28. The summed E-state index contributed by atoms with van der Waals surface area (Å²) in [4.78, 5) is 9.04. The SMILES string of the molecule is CN=C(NCC(c1ccc(C)o1)N1CCOCC1)N(C)CCc1ccc(OC)c(OC)c1.I. The maximum atomic E-state index is 5.97. The summed E-state index contributed by atoms with van der Waals surface area (Å²) in [5.74, 6) is 4.24. The maximum absolute atomic E-state index is 5.97. The average Bonchev–Trinajstić information content (AvgIpc) is 3.26. The van der Waals surface area contributed by atoms with Crippen LogP contribution in [0.5, 0.6) is 11.5 Å². The minimum atomic E-state index is 0. The Morgan fingerprint density at radius 3 is 2.48 bits per heavy atom. The number of aryl methyl sites for hydroxylation is 1. The third-order valence-corrected chi connectivity index (χ3v) is 5.79. The Balaban J connectivity index is 0.00000385. The van der Waals surface area contributed by atoms with E-state index in [0.29, 0.717) is 6.54 Å². The van der Waals surface area contributed by atoms with E-state index in [1.807, 2.05) is 32.2 Å². The molecule has 0 amide bonds. The Bertz CT molecular complexity index is 883. The van der Waals surface area contributed by atoms with Crippen LogP contribution in [0.15, 0.2) is 39.7 Å². The zero-order valence-electron chi connectivity index (χ0n) is 20.3. The minimum Gasteiger partial charge on any atom is -0.493 e. The highest BCUT2D eigenvalue weighted by molar-refractivity contribution is 14.0. The van der Waals surface area contributed by atoms with Gasteiger partial charge in [0.25, 0.3) is 0 Å². The van der Waals surface area contributed by atoms with Gasteiger partial charge in [-0.2, -0.15) is 0 Å². The summed E-state index contributed by atoms with van der Waals surface area (Å²) < 4.78 is 22.3. The van der Waals surface area contributed by atoms with Crippen LogP contribution in [0.4, 0.5) is 0 Å². The summed E-state index contributed by atoms with van der Waals surface area (Å²) in [5, 5.41) is 3.54. The first-order valence-corrected chi connectivity index (χ1v) is 11.1. The number of rotatable bonds is 9. The summed E-state index contributed by atoms with van der Waals surface area (Å²) in [6.07, 6.45) is 0.863. The first-order valence-electron chi connectivity index (χ1n) is 11.1. The number of guanidine groups is 1. The number of morpholine rings is 1. The van der Waals surface area contributed by atoms with Crippen LogP contribution in [0.2, 0.25) is 0 Å². The van der Waals surface area contributed by atoms with Gasteiger partial charge in [-0.1, -0.05) is 6.07 Å². The Labute approximate surface area is 214 Å². The molecular formula is C24H37IN4O4. The molecule has 0 bridgehead atoms. The van der Waals surface area contributed by atoms with Crippen LogP contribution >= 0.6 is 24.0 Å². The first-order chi connectivity index (χ1) is 15.5. The zero-order chi connectivity index (χ0) is 22.9. The van der Waals surface area contributed by atoms with Crippen molar-refractivity contribution in [2.75, 3.05) is 67.7 Å². The Morgan fingerprint density at radius 2 is 1.88 bits per heavy atom. The molecule has 8 nitrogen and oxygen atoms in total. The number of likely N-dealkylation sites (N-methyl/N-ethyl adjacent to an activating group) is 1. The predicted octanol–water partition coefficient (Wildman–Crippen LogP) is 3.35. The number of benzene rings is 1. The maximum Gasteiger partial charge on any atom is 0.193 e. The number of halogens is 1. The molecule has 1 saturated heterocycles. The molecule has 0 spiro atoms. The number of hydrogen-bond acceptors (Lipinski definition) is 6. The van der Waals surface area contributed by atoms with E-state index >= 15 is 0 Å². The lowest BCUT2D eigenvalue weighted by Gasteiger charge is -2.34. The summed E-state index contributed by atoms with van der Waals surface area (Å²) in [5.41, 5.74) is 1.18. The van der Waals surface area contributed by atoms with Crippen LogP contribution in [0.25, 0.3) is 0 Å². The predicted molar refractivity (Wildman–Crippen MR) is 141 cm³/mol. The number of furan rings is 1. The van der Waals surface area contributed by atoms with Gasteiger partial charge in [0.15, 0.2) is 17.5 Å². The van der Waals surface area contributed by atoms with Gasteiger partial charge in [-0.15, -0.1) is 24.0 Å². The molecule has 184 valence electrons. The smallest absolute Gasteiger partial charge is 0.193 e. The van der Waals surface area contributed by atoms with Crippen molar-refractivity contribution in [2.45, 2.75) is 19.4 Å². The lowest BCUT2D eigenvalue weighted by molar-refractivity contribution is 0.0123. The molecule has 1 fully saturated rings. The quantitative estimate of drug-likeness (QED) is 0.281. The van der Waals surface area contributed by atoms with Gasteiger partial charge in [-0.05, 0) is 43.2 Å². The molecule has 1 aromatic heterocycles. The second-order valence-corrected chi connectivity index (χ2v) is 7.90. The van der Waals surface area contributed by atoms with Crippen LogP contribution in [0.3, 0.4) is 0 Å². The monoisotopic (exact) mass is 572 g/mol. The molecule has 1 N–H and O–H groups in total. The zero-order valence-corrected chi connectivity index (χ0v) is 22.6. The molecule has 2 aromatic rings. The number of hydrogen-bond donors (Lipinski definition) is 1. The van der Waals surface area contributed by atoms with Crippen molar-refractivity contribution >= 4 is 29.9 Å². The van der Waals surface area contributed by atoms with Gasteiger partial charge in [0, 0.05) is 40.3 Å². The standard InChI is InChI=1S/C24H36N4O4.HI/c1-18-6-8-21(32-18)20(28-12-14-31-15-13-28)17-26-24(25-2)27(3)11-10-19-7-9-22(29-4)23(16-19)30-5;/h6-9,16,20H,10-15,17H2,1-5H3,(H,25,26);1H. The van der Waals surface area contributed by atoms with Gasteiger partial charge < -0.3 is 28.8 Å². The lowest BCUT2D eigenvalue weighted by Crippen LogP contribution is -2.47. The fraction of sp³-hybridized carbons (Fsp3) is 0.542. The van der Waals surface area contributed by atoms with E-state index in [-0.39, 0.29) is 30.0 Å². The molecule has 3 rings (SSSR count). The highest BCUT2D eigenvalue weighted by Gasteiger charge is 2.25. The molecule has 1 unspecified atom stereocenters. The van der Waals surface area contributed by atoms with Gasteiger partial charge in [0.1, 0.15) is 11.5 Å². The summed E-state index contributed by atoms with van der Waals surface area (Å²) in [6, 6.07) is 10.3. The molecule has 1 atom stereocenters. The molecule has 2 heterocycles. The van der Waals surface area contributed by atoms with Crippen LogP contribution in [-0.4, -0.2) is 83.5 Å². The molecule has 0 aliphatic carbocycles. The van der Waals surface area contributed by atoms with Crippen molar-refractivity contribution in [1.29, 1.82) is 0 Å². The van der Waals surface area contributed by atoms with Crippen molar-refractivity contribution in [2.24, 2.45) is 4.99 Å². The average molecular weight is 572 g/mol. The van der Waals surface area contributed by atoms with Crippen molar-refractivity contribution in [3.8, 4) is 11.5 Å². The Hall–Kier alpha value is -1.98. The second-order valence-electron chi connectivity index (χ2n) is 7.90. The minimum absolute atomic E-state index is 0. The Kier molecular flexibility index (Phi) is 11.3. The van der Waals surface area contributed by atoms with E-state index in [2.05, 4.69) is 39.3 Å². The van der Waals surface area contributed by atoms with Gasteiger partial charge in [0.2, 0.25) is 0 Å². The largest absolute Gasteiger partial charge is 0.493 e. The van der Waals surface area contributed by atoms with Crippen LogP contribution < -0.4 is 14.8 Å². The summed E-state index contributed by atoms with van der Waals surface area (Å²) in [6.45, 7) is 6.78. The van der Waals surface area contributed by atoms with Crippen molar-refractivity contribution in [3.63, 3.8) is 0 Å². The van der Waals surface area contributed by atoms with Crippen molar-refractivity contribution in [1.82, 2.24) is 15.1 Å². The van der Waals surface area contributed by atoms with Gasteiger partial charge in [-0.25, -0.2) is 0 Å². The molecule has 0 radical (unpaired) electrons. The number of methoxy groups -OCH3 is 2. The topological polar surface area (TPSA) is 71.7 Å². The second kappa shape index (κ2) is 13.7. The van der Waals surface area contributed by atoms with Gasteiger partial charge in [0.05, 0.1) is 33.5 Å². The molecule has 0 saturated carbocycles. The molecular weight excluding hydrogens is 535 g/mol. The van der Waals surface area contributed by atoms with E-state index in [1.54, 1.807) is 14.2 Å². The summed E-state index contributed by atoms with van der Waals surface area (Å²) >= 11 is 0. The number of aliphatic imine (C=N–C) groups is 1. The fourth-order valence-corrected chi connectivity index (χ4v) is 3.94. The van der Waals surface area contributed by atoms with Gasteiger partial charge >= 0.3 is 0 Å². The number of nitrogens with zero attached hydrogens (tertiary/aromatic N) is 3. The molecule has 1 aliphatic heterocycles. The highest BCUT2D eigenvalue weighted by atomic mass is 127. The van der Waals surface area contributed by atoms with Crippen molar-refractivity contribution in [3.05, 3.63) is 47.4 Å². The Morgan fingerprint density at radius 1 is 1.15 bits per heavy atom. The normalized spacial score (nSPS) is 15.5. The van der Waals surface area contributed by atoms with E-state index in [9.17, 15) is 0 Å². The molecule has 9 heteroatoms. The summed E-state index contributed by atoms with van der Waals surface area (Å²) in [7, 11) is 7.17. The third kappa shape index (κ3) is 7.51. The van der Waals surface area contributed by atoms with E-state index in [4.69, 9.17) is 18.6 Å². The lowest BCUT2D eigenvalue weighted by atomic mass is 10.1. The molecule has 33 heavy (non-hydrogen) atoms. The number of nitrogens with one attached hydrogen (secondary N) is 1. The molecule has 1 aliphatic rings. The number of ether oxygens (including phenoxy) is 3. The van der Waals surface area contributed by atoms with E-state index < -0.39 is 0 Å². The fourth-order valence-electron chi connectivity index (χ4n) is 3.94. The van der Waals surface area contributed by atoms with E-state index in [1.165, 1.54) is 5.56 Å². The van der Waals surface area contributed by atoms with Crippen molar-refractivity contribution < 1.29 is 18.6 Å². The van der Waals surface area contributed by atoms with E-state index in [0.717, 1.165) is 68.2 Å². The van der Waals surface area contributed by atoms with Crippen LogP contribution in [0.1, 0.15) is 23.1 Å².